The summed E-state index contributed by atoms with van der Waals surface area (Å²) in [4.78, 5) is 13.4. The lowest BCUT2D eigenvalue weighted by molar-refractivity contribution is -0.145. The van der Waals surface area contributed by atoms with E-state index in [9.17, 15) is 13.2 Å². The van der Waals surface area contributed by atoms with Crippen molar-refractivity contribution in [3.63, 3.8) is 0 Å². The zero-order valence-electron chi connectivity index (χ0n) is 12.2. The molecule has 1 aliphatic rings. The van der Waals surface area contributed by atoms with Crippen LogP contribution in [0.2, 0.25) is 0 Å². The van der Waals surface area contributed by atoms with E-state index in [0.717, 1.165) is 9.35 Å². The van der Waals surface area contributed by atoms with Gasteiger partial charge in [0.1, 0.15) is 6.04 Å². The van der Waals surface area contributed by atoms with Gasteiger partial charge in [0.25, 0.3) is 0 Å². The van der Waals surface area contributed by atoms with E-state index in [1.165, 1.54) is 34.9 Å². The molecule has 2 aromatic rings. The predicted molar refractivity (Wildman–Crippen MR) is 90.8 cm³/mol. The third-order valence-corrected chi connectivity index (χ3v) is 7.17. The number of benzene rings is 1. The summed E-state index contributed by atoms with van der Waals surface area (Å²) >= 11 is 4.82. The van der Waals surface area contributed by atoms with Crippen LogP contribution in [0, 0.1) is 0 Å². The third kappa shape index (κ3) is 2.96. The van der Waals surface area contributed by atoms with Gasteiger partial charge in [-0.3, -0.25) is 0 Å². The van der Waals surface area contributed by atoms with Crippen LogP contribution in [-0.2, 0) is 26.0 Å². The van der Waals surface area contributed by atoms with Gasteiger partial charge < -0.3 is 4.74 Å². The maximum absolute atomic E-state index is 13.0. The summed E-state index contributed by atoms with van der Waals surface area (Å²) in [5.74, 6) is -0.565. The number of carbonyl (C=O) groups is 1. The van der Waals surface area contributed by atoms with E-state index in [4.69, 9.17) is 4.74 Å². The molecule has 1 aliphatic heterocycles. The second-order valence-electron chi connectivity index (χ2n) is 5.04. The van der Waals surface area contributed by atoms with Crippen LogP contribution in [0.25, 0.3) is 0 Å². The standard InChI is InChI=1S/C15H14BrNO4S2/c1-21-15(18)14-12-7-9-22-13(12)6-8-17(14)23(19,20)11-4-2-10(16)3-5-11/h2-5,7,9,14H,6,8H2,1H3. The lowest BCUT2D eigenvalue weighted by Crippen LogP contribution is -2.43. The topological polar surface area (TPSA) is 63.7 Å². The highest BCUT2D eigenvalue weighted by molar-refractivity contribution is 9.10. The number of esters is 1. The van der Waals surface area contributed by atoms with Crippen molar-refractivity contribution in [2.45, 2.75) is 17.4 Å². The van der Waals surface area contributed by atoms with Crippen LogP contribution in [0.4, 0.5) is 0 Å². The van der Waals surface area contributed by atoms with Crippen molar-refractivity contribution in [1.82, 2.24) is 4.31 Å². The Kier molecular flexibility index (Phi) is 4.59. The minimum atomic E-state index is -3.79. The number of halogens is 1. The number of hydrogen-bond acceptors (Lipinski definition) is 5. The number of sulfonamides is 1. The van der Waals surface area contributed by atoms with Crippen LogP contribution < -0.4 is 0 Å². The Balaban J connectivity index is 2.07. The van der Waals surface area contributed by atoms with Crippen LogP contribution in [-0.4, -0.2) is 32.3 Å². The summed E-state index contributed by atoms with van der Waals surface area (Å²) in [6.45, 7) is 0.256. The molecule has 8 heteroatoms. The summed E-state index contributed by atoms with van der Waals surface area (Å²) in [6, 6.07) is 7.25. The van der Waals surface area contributed by atoms with E-state index < -0.39 is 22.0 Å². The highest BCUT2D eigenvalue weighted by Crippen LogP contribution is 2.37. The van der Waals surface area contributed by atoms with Crippen molar-refractivity contribution in [3.05, 3.63) is 50.6 Å². The summed E-state index contributed by atoms with van der Waals surface area (Å²) < 4.78 is 32.8. The number of methoxy groups -OCH3 is 1. The first-order valence-corrected chi connectivity index (χ1v) is 9.98. The van der Waals surface area contributed by atoms with Gasteiger partial charge in [-0.1, -0.05) is 15.9 Å². The molecule has 0 spiro atoms. The van der Waals surface area contributed by atoms with Gasteiger partial charge in [-0.2, -0.15) is 4.31 Å². The van der Waals surface area contributed by atoms with Gasteiger partial charge in [-0.25, -0.2) is 13.2 Å². The molecule has 23 heavy (non-hydrogen) atoms. The van der Waals surface area contributed by atoms with Crippen LogP contribution in [0.15, 0.2) is 45.1 Å². The molecule has 0 N–H and O–H groups in total. The molecule has 5 nitrogen and oxygen atoms in total. The lowest BCUT2D eigenvalue weighted by atomic mass is 10.0. The molecule has 1 unspecified atom stereocenters. The summed E-state index contributed by atoms with van der Waals surface area (Å²) in [5, 5.41) is 1.87. The molecule has 0 aliphatic carbocycles. The molecule has 1 aromatic heterocycles. The van der Waals surface area contributed by atoms with Gasteiger partial charge in [-0.15, -0.1) is 11.3 Å². The Morgan fingerprint density at radius 1 is 1.30 bits per heavy atom. The molecule has 122 valence electrons. The Morgan fingerprint density at radius 3 is 2.65 bits per heavy atom. The first-order chi connectivity index (χ1) is 10.9. The number of carbonyl (C=O) groups excluding carboxylic acids is 1. The molecule has 0 saturated heterocycles. The largest absolute Gasteiger partial charge is 0.468 e. The minimum Gasteiger partial charge on any atom is -0.468 e. The molecule has 0 fully saturated rings. The first-order valence-electron chi connectivity index (χ1n) is 6.86. The van der Waals surface area contributed by atoms with E-state index in [-0.39, 0.29) is 11.4 Å². The Labute approximate surface area is 147 Å². The normalized spacial score (nSPS) is 18.4. The molecule has 1 atom stereocenters. The number of ether oxygens (including phenoxy) is 1. The maximum atomic E-state index is 13.0. The van der Waals surface area contributed by atoms with Gasteiger partial charge in [0, 0.05) is 15.9 Å². The summed E-state index contributed by atoms with van der Waals surface area (Å²) in [5.41, 5.74) is 0.716. The Morgan fingerprint density at radius 2 is 2.00 bits per heavy atom. The maximum Gasteiger partial charge on any atom is 0.328 e. The number of hydrogen-bond donors (Lipinski definition) is 0. The molecule has 0 bridgehead atoms. The van der Waals surface area contributed by atoms with Crippen LogP contribution in [0.5, 0.6) is 0 Å². The van der Waals surface area contributed by atoms with Gasteiger partial charge in [0.2, 0.25) is 10.0 Å². The third-order valence-electron chi connectivity index (χ3n) is 3.77. The molecule has 0 amide bonds. The minimum absolute atomic E-state index is 0.160. The van der Waals surface area contributed by atoms with E-state index in [2.05, 4.69) is 15.9 Å². The van der Waals surface area contributed by atoms with Crippen molar-refractivity contribution in [1.29, 1.82) is 0 Å². The quantitative estimate of drug-likeness (QED) is 0.722. The Hall–Kier alpha value is -1.22. The highest BCUT2D eigenvalue weighted by atomic mass is 79.9. The Bertz CT molecular complexity index is 829. The molecule has 0 saturated carbocycles. The van der Waals surface area contributed by atoms with E-state index >= 15 is 0 Å². The monoisotopic (exact) mass is 415 g/mol. The molecule has 1 aromatic carbocycles. The number of rotatable bonds is 3. The fraction of sp³-hybridized carbons (Fsp3) is 0.267. The fourth-order valence-electron chi connectivity index (χ4n) is 2.65. The zero-order valence-corrected chi connectivity index (χ0v) is 15.4. The fourth-order valence-corrected chi connectivity index (χ4v) is 5.38. The van der Waals surface area contributed by atoms with Crippen LogP contribution in [0.3, 0.4) is 0 Å². The molecular formula is C15H14BrNO4S2. The van der Waals surface area contributed by atoms with Crippen molar-refractivity contribution in [3.8, 4) is 0 Å². The van der Waals surface area contributed by atoms with Crippen molar-refractivity contribution in [2.24, 2.45) is 0 Å². The number of nitrogens with zero attached hydrogens (tertiary/aromatic N) is 1. The van der Waals surface area contributed by atoms with Gasteiger partial charge in [0.05, 0.1) is 12.0 Å². The second kappa shape index (κ2) is 6.35. The van der Waals surface area contributed by atoms with Gasteiger partial charge in [0.15, 0.2) is 0 Å². The van der Waals surface area contributed by atoms with Crippen LogP contribution in [0.1, 0.15) is 16.5 Å². The SMILES string of the molecule is COC(=O)C1c2ccsc2CCN1S(=O)(=O)c1ccc(Br)cc1. The lowest BCUT2D eigenvalue weighted by Gasteiger charge is -2.32. The van der Waals surface area contributed by atoms with Crippen molar-refractivity contribution >= 4 is 43.3 Å². The highest BCUT2D eigenvalue weighted by Gasteiger charge is 2.41. The van der Waals surface area contributed by atoms with E-state index in [1.807, 2.05) is 5.38 Å². The molecule has 2 heterocycles. The zero-order chi connectivity index (χ0) is 16.6. The van der Waals surface area contributed by atoms with E-state index in [0.29, 0.717) is 12.0 Å². The van der Waals surface area contributed by atoms with Gasteiger partial charge in [-0.05, 0) is 47.7 Å². The average molecular weight is 416 g/mol. The average Bonchev–Trinajstić information content (AvgIpc) is 3.02. The van der Waals surface area contributed by atoms with Crippen molar-refractivity contribution < 1.29 is 17.9 Å². The molecule has 0 radical (unpaired) electrons. The molecule has 3 rings (SSSR count). The summed E-state index contributed by atoms with van der Waals surface area (Å²) in [7, 11) is -2.52. The number of fused-ring (bicyclic) bond motifs is 1. The summed E-state index contributed by atoms with van der Waals surface area (Å²) in [6.07, 6.45) is 0.594. The van der Waals surface area contributed by atoms with Crippen LogP contribution >= 0.6 is 27.3 Å². The smallest absolute Gasteiger partial charge is 0.328 e. The number of thiophene rings is 1. The van der Waals surface area contributed by atoms with Gasteiger partial charge >= 0.3 is 5.97 Å². The van der Waals surface area contributed by atoms with E-state index in [1.54, 1.807) is 18.2 Å². The predicted octanol–water partition coefficient (Wildman–Crippen LogP) is 2.97. The second-order valence-corrected chi connectivity index (χ2v) is 8.85. The first kappa shape index (κ1) is 16.6. The molecular weight excluding hydrogens is 402 g/mol. The van der Waals surface area contributed by atoms with Crippen molar-refractivity contribution in [2.75, 3.05) is 13.7 Å².